The summed E-state index contributed by atoms with van der Waals surface area (Å²) in [7, 11) is 0. The minimum absolute atomic E-state index is 0.00274. The van der Waals surface area contributed by atoms with Gasteiger partial charge < -0.3 is 20.1 Å². The van der Waals surface area contributed by atoms with Crippen molar-refractivity contribution in [1.29, 1.82) is 0 Å². The molecular weight excluding hydrogens is 554 g/mol. The van der Waals surface area contributed by atoms with E-state index in [2.05, 4.69) is 15.6 Å². The van der Waals surface area contributed by atoms with Gasteiger partial charge in [0.2, 0.25) is 5.91 Å². The van der Waals surface area contributed by atoms with E-state index < -0.39 is 35.5 Å². The Balaban J connectivity index is 1.52. The third kappa shape index (κ3) is 5.67. The van der Waals surface area contributed by atoms with Gasteiger partial charge in [-0.1, -0.05) is 30.3 Å². The standard InChI is InChI=1S/C30H27F4N5OS/c1-18-17-20(19(2)39(18)25-13-6-3-9-21(25)30(32,33)34)28-27(24-12-7-8-15-35-24)37-29(41)38(28)16-14-26(40)36-23-11-5-4-10-22(23)31/h3-13,15,17,27-28H,14,16H2,1-2H3,(H,36,40)(H,37,41). The smallest absolute Gasteiger partial charge is 0.352 e. The molecule has 0 radical (unpaired) electrons. The van der Waals surface area contributed by atoms with Crippen LogP contribution in [0.2, 0.25) is 0 Å². The molecule has 1 amide bonds. The van der Waals surface area contributed by atoms with E-state index in [4.69, 9.17) is 12.2 Å². The fraction of sp³-hybridized carbons (Fsp3) is 0.233. The number of pyridine rings is 1. The number of hydrogen-bond acceptors (Lipinski definition) is 3. The summed E-state index contributed by atoms with van der Waals surface area (Å²) in [6.07, 6.45) is -2.88. The van der Waals surface area contributed by atoms with E-state index in [9.17, 15) is 22.4 Å². The van der Waals surface area contributed by atoms with Crippen LogP contribution in [-0.4, -0.2) is 32.0 Å². The predicted molar refractivity (Wildman–Crippen MR) is 152 cm³/mol. The van der Waals surface area contributed by atoms with E-state index in [1.54, 1.807) is 42.8 Å². The van der Waals surface area contributed by atoms with Crippen molar-refractivity contribution in [3.8, 4) is 5.69 Å². The molecule has 1 aliphatic rings. The summed E-state index contributed by atoms with van der Waals surface area (Å²) in [5, 5.41) is 6.26. The maximum atomic E-state index is 14.1. The summed E-state index contributed by atoms with van der Waals surface area (Å²) in [6, 6.07) is 17.8. The highest BCUT2D eigenvalue weighted by Gasteiger charge is 2.42. The number of carbonyl (C=O) groups is 1. The molecule has 2 unspecified atom stereocenters. The van der Waals surface area contributed by atoms with Crippen LogP contribution in [0.15, 0.2) is 79.0 Å². The number of nitrogens with one attached hydrogen (secondary N) is 2. The molecule has 41 heavy (non-hydrogen) atoms. The van der Waals surface area contributed by atoms with Gasteiger partial charge in [0.1, 0.15) is 5.82 Å². The van der Waals surface area contributed by atoms with Crippen LogP contribution in [0.25, 0.3) is 5.69 Å². The number of carbonyl (C=O) groups excluding carboxylic acids is 1. The molecule has 4 aromatic rings. The third-order valence-electron chi connectivity index (χ3n) is 7.16. The van der Waals surface area contributed by atoms with Gasteiger partial charge in [-0.05, 0) is 74.1 Å². The molecule has 1 saturated heterocycles. The fourth-order valence-corrected chi connectivity index (χ4v) is 5.68. The molecular formula is C30H27F4N5OS. The molecule has 0 bridgehead atoms. The number of aromatic nitrogens is 2. The predicted octanol–water partition coefficient (Wildman–Crippen LogP) is 6.65. The van der Waals surface area contributed by atoms with Gasteiger partial charge in [0.25, 0.3) is 0 Å². The molecule has 2 aromatic heterocycles. The zero-order chi connectivity index (χ0) is 29.3. The third-order valence-corrected chi connectivity index (χ3v) is 7.52. The Kier molecular flexibility index (Phi) is 7.81. The zero-order valence-corrected chi connectivity index (χ0v) is 23.1. The Hall–Kier alpha value is -4.25. The first-order valence-electron chi connectivity index (χ1n) is 12.9. The van der Waals surface area contributed by atoms with Gasteiger partial charge >= 0.3 is 6.18 Å². The number of nitrogens with zero attached hydrogens (tertiary/aromatic N) is 3. The molecule has 1 fully saturated rings. The highest BCUT2D eigenvalue weighted by molar-refractivity contribution is 7.80. The average molecular weight is 582 g/mol. The van der Waals surface area contributed by atoms with E-state index >= 15 is 0 Å². The molecule has 2 atom stereocenters. The van der Waals surface area contributed by atoms with E-state index in [1.807, 2.05) is 23.1 Å². The first kappa shape index (κ1) is 28.3. The van der Waals surface area contributed by atoms with Gasteiger partial charge in [-0.2, -0.15) is 13.2 Å². The van der Waals surface area contributed by atoms with Crippen molar-refractivity contribution in [3.63, 3.8) is 0 Å². The van der Waals surface area contributed by atoms with Crippen molar-refractivity contribution >= 4 is 28.9 Å². The van der Waals surface area contributed by atoms with Crippen LogP contribution in [0.5, 0.6) is 0 Å². The van der Waals surface area contributed by atoms with Crippen molar-refractivity contribution in [2.45, 2.75) is 38.5 Å². The lowest BCUT2D eigenvalue weighted by molar-refractivity contribution is -0.137. The minimum atomic E-state index is -4.54. The molecule has 0 spiro atoms. The van der Waals surface area contributed by atoms with Crippen LogP contribution >= 0.6 is 12.2 Å². The molecule has 2 aromatic carbocycles. The summed E-state index contributed by atoms with van der Waals surface area (Å²) in [5.74, 6) is -0.943. The van der Waals surface area contributed by atoms with Crippen molar-refractivity contribution < 1.29 is 22.4 Å². The maximum absolute atomic E-state index is 14.1. The average Bonchev–Trinajstić information content (AvgIpc) is 3.42. The number of para-hydroxylation sites is 2. The van der Waals surface area contributed by atoms with Crippen LogP contribution in [0.1, 0.15) is 46.7 Å². The van der Waals surface area contributed by atoms with E-state index in [1.165, 1.54) is 30.3 Å². The van der Waals surface area contributed by atoms with Crippen LogP contribution in [-0.2, 0) is 11.0 Å². The van der Waals surface area contributed by atoms with Crippen molar-refractivity contribution in [1.82, 2.24) is 19.8 Å². The number of thiocarbonyl (C=S) groups is 1. The number of amides is 1. The molecule has 212 valence electrons. The summed E-state index contributed by atoms with van der Waals surface area (Å²) in [6.45, 7) is 3.71. The molecule has 3 heterocycles. The van der Waals surface area contributed by atoms with Gasteiger partial charge in [0.05, 0.1) is 34.7 Å². The Labute approximate surface area is 240 Å². The Morgan fingerprint density at radius 3 is 2.46 bits per heavy atom. The normalized spacial score (nSPS) is 17.0. The van der Waals surface area contributed by atoms with Crippen LogP contribution in [0, 0.1) is 19.7 Å². The van der Waals surface area contributed by atoms with Crippen LogP contribution < -0.4 is 10.6 Å². The van der Waals surface area contributed by atoms with Gasteiger partial charge in [-0.25, -0.2) is 4.39 Å². The van der Waals surface area contributed by atoms with Crippen molar-refractivity contribution in [3.05, 3.63) is 113 Å². The van der Waals surface area contributed by atoms with Gasteiger partial charge in [0.15, 0.2) is 5.11 Å². The number of aryl methyl sites for hydroxylation is 1. The van der Waals surface area contributed by atoms with Crippen LogP contribution in [0.4, 0.5) is 23.2 Å². The maximum Gasteiger partial charge on any atom is 0.418 e. The number of rotatable bonds is 7. The fourth-order valence-electron chi connectivity index (χ4n) is 5.35. The number of anilines is 1. The van der Waals surface area contributed by atoms with E-state index in [0.717, 1.165) is 11.6 Å². The second-order valence-electron chi connectivity index (χ2n) is 9.77. The summed E-state index contributed by atoms with van der Waals surface area (Å²) >= 11 is 5.68. The van der Waals surface area contributed by atoms with E-state index in [-0.39, 0.29) is 24.3 Å². The lowest BCUT2D eigenvalue weighted by Gasteiger charge is -2.28. The molecule has 0 aliphatic carbocycles. The number of benzene rings is 2. The molecule has 6 nitrogen and oxygen atoms in total. The quantitative estimate of drug-likeness (QED) is 0.189. The van der Waals surface area contributed by atoms with Crippen LogP contribution in [0.3, 0.4) is 0 Å². The van der Waals surface area contributed by atoms with Gasteiger partial charge in [0, 0.05) is 30.6 Å². The molecule has 1 aliphatic heterocycles. The zero-order valence-electron chi connectivity index (χ0n) is 22.2. The monoisotopic (exact) mass is 581 g/mol. The molecule has 2 N–H and O–H groups in total. The largest absolute Gasteiger partial charge is 0.418 e. The van der Waals surface area contributed by atoms with Crippen molar-refractivity contribution in [2.24, 2.45) is 0 Å². The Bertz CT molecular complexity index is 1590. The van der Waals surface area contributed by atoms with E-state index in [0.29, 0.717) is 22.2 Å². The highest BCUT2D eigenvalue weighted by Crippen LogP contribution is 2.42. The topological polar surface area (TPSA) is 62.2 Å². The highest BCUT2D eigenvalue weighted by atomic mass is 32.1. The first-order valence-corrected chi connectivity index (χ1v) is 13.3. The lowest BCUT2D eigenvalue weighted by atomic mass is 9.96. The number of halogens is 4. The van der Waals surface area contributed by atoms with Crippen molar-refractivity contribution in [2.75, 3.05) is 11.9 Å². The summed E-state index contributed by atoms with van der Waals surface area (Å²) in [4.78, 5) is 19.1. The Morgan fingerprint density at radius 1 is 1.05 bits per heavy atom. The summed E-state index contributed by atoms with van der Waals surface area (Å²) in [5.41, 5.74) is 2.03. The molecule has 11 heteroatoms. The first-order chi connectivity index (χ1) is 19.6. The SMILES string of the molecule is Cc1cc(C2C(c3ccccn3)NC(=S)N2CCC(=O)Nc2ccccc2F)c(C)n1-c1ccccc1C(F)(F)F. The minimum Gasteiger partial charge on any atom is -0.352 e. The molecule has 0 saturated carbocycles. The Morgan fingerprint density at radius 2 is 1.76 bits per heavy atom. The molecule has 5 rings (SSSR count). The van der Waals surface area contributed by atoms with Gasteiger partial charge in [-0.3, -0.25) is 9.78 Å². The number of hydrogen-bond donors (Lipinski definition) is 2. The lowest BCUT2D eigenvalue weighted by Crippen LogP contribution is -2.33. The second kappa shape index (κ2) is 11.3. The second-order valence-corrected chi connectivity index (χ2v) is 10.2. The summed E-state index contributed by atoms with van der Waals surface area (Å²) < 4.78 is 57.5. The number of alkyl halides is 3. The van der Waals surface area contributed by atoms with Gasteiger partial charge in [-0.15, -0.1) is 0 Å².